The fraction of sp³-hybridized carbons (Fsp3) is 0.455. The van der Waals surface area contributed by atoms with Crippen molar-refractivity contribution < 1.29 is 36.6 Å². The first-order valence-electron chi connectivity index (χ1n) is 5.39. The minimum absolute atomic E-state index is 0.00313. The van der Waals surface area contributed by atoms with Crippen molar-refractivity contribution in [2.24, 2.45) is 0 Å². The highest BCUT2D eigenvalue weighted by atomic mass is 19.4. The van der Waals surface area contributed by atoms with Gasteiger partial charge < -0.3 is 14.2 Å². The summed E-state index contributed by atoms with van der Waals surface area (Å²) in [5, 5.41) is 0. The monoisotopic (exact) mass is 297 g/mol. The van der Waals surface area contributed by atoms with E-state index in [0.29, 0.717) is 0 Å². The van der Waals surface area contributed by atoms with Gasteiger partial charge in [0.2, 0.25) is 5.88 Å². The second kappa shape index (κ2) is 6.40. The van der Waals surface area contributed by atoms with Crippen LogP contribution in [-0.4, -0.2) is 31.0 Å². The Labute approximate surface area is 111 Å². The van der Waals surface area contributed by atoms with Gasteiger partial charge in [-0.1, -0.05) is 0 Å². The molecule has 1 rings (SSSR count). The molecule has 0 fully saturated rings. The van der Waals surface area contributed by atoms with Crippen LogP contribution in [0.15, 0.2) is 6.07 Å². The predicted octanol–water partition coefficient (Wildman–Crippen LogP) is 2.64. The SMILES string of the molecule is CCOC(=O)c1cc(OC)c(CF)c(OC(F)(F)F)n1. The average Bonchev–Trinajstić information content (AvgIpc) is 2.36. The van der Waals surface area contributed by atoms with E-state index in [1.165, 1.54) is 6.92 Å². The highest BCUT2D eigenvalue weighted by molar-refractivity contribution is 5.88. The zero-order chi connectivity index (χ0) is 15.3. The Bertz CT molecular complexity index is 490. The van der Waals surface area contributed by atoms with Gasteiger partial charge in [-0.15, -0.1) is 13.2 Å². The van der Waals surface area contributed by atoms with Crippen LogP contribution in [0.4, 0.5) is 17.6 Å². The van der Waals surface area contributed by atoms with E-state index in [2.05, 4.69) is 14.5 Å². The van der Waals surface area contributed by atoms with Crippen LogP contribution in [0.5, 0.6) is 11.6 Å². The maximum atomic E-state index is 12.8. The second-order valence-electron chi connectivity index (χ2n) is 3.40. The lowest BCUT2D eigenvalue weighted by Gasteiger charge is -2.14. The summed E-state index contributed by atoms with van der Waals surface area (Å²) in [5.74, 6) is -2.34. The average molecular weight is 297 g/mol. The number of hydrogen-bond acceptors (Lipinski definition) is 5. The van der Waals surface area contributed by atoms with Crippen molar-refractivity contribution in [1.29, 1.82) is 0 Å². The number of ether oxygens (including phenoxy) is 3. The van der Waals surface area contributed by atoms with E-state index in [1.54, 1.807) is 0 Å². The molecule has 20 heavy (non-hydrogen) atoms. The molecular weight excluding hydrogens is 286 g/mol. The fourth-order valence-electron chi connectivity index (χ4n) is 1.33. The van der Waals surface area contributed by atoms with Crippen molar-refractivity contribution in [2.45, 2.75) is 20.0 Å². The maximum absolute atomic E-state index is 12.8. The topological polar surface area (TPSA) is 57.7 Å². The van der Waals surface area contributed by atoms with Crippen LogP contribution in [-0.2, 0) is 11.4 Å². The quantitative estimate of drug-likeness (QED) is 0.617. The molecule has 0 saturated carbocycles. The van der Waals surface area contributed by atoms with Gasteiger partial charge in [0.25, 0.3) is 0 Å². The number of nitrogens with zero attached hydrogens (tertiary/aromatic N) is 1. The summed E-state index contributed by atoms with van der Waals surface area (Å²) in [6.07, 6.45) is -5.07. The number of hydrogen-bond donors (Lipinski definition) is 0. The van der Waals surface area contributed by atoms with E-state index >= 15 is 0 Å². The standard InChI is InChI=1S/C11H11F4NO4/c1-3-19-10(17)7-4-8(18-2)6(5-12)9(16-7)20-11(13,14)15/h4H,3,5H2,1-2H3. The van der Waals surface area contributed by atoms with Gasteiger partial charge in [0.15, 0.2) is 5.69 Å². The summed E-state index contributed by atoms with van der Waals surface area (Å²) in [5.41, 5.74) is -1.02. The van der Waals surface area contributed by atoms with E-state index < -0.39 is 36.1 Å². The Morgan fingerprint density at radius 2 is 2.05 bits per heavy atom. The third kappa shape index (κ3) is 3.97. The van der Waals surface area contributed by atoms with Crippen molar-refractivity contribution in [2.75, 3.05) is 13.7 Å². The molecule has 0 unspecified atom stereocenters. The summed E-state index contributed by atoms with van der Waals surface area (Å²) in [6.45, 7) is 0.214. The number of rotatable bonds is 5. The smallest absolute Gasteiger partial charge is 0.496 e. The first kappa shape index (κ1) is 16.0. The number of carbonyl (C=O) groups is 1. The predicted molar refractivity (Wildman–Crippen MR) is 58.2 cm³/mol. The van der Waals surface area contributed by atoms with Crippen molar-refractivity contribution in [3.05, 3.63) is 17.3 Å². The number of methoxy groups -OCH3 is 1. The molecule has 112 valence electrons. The van der Waals surface area contributed by atoms with Crippen LogP contribution >= 0.6 is 0 Å². The summed E-state index contributed by atoms with van der Waals surface area (Å²) >= 11 is 0. The van der Waals surface area contributed by atoms with Crippen LogP contribution in [0.2, 0.25) is 0 Å². The van der Waals surface area contributed by atoms with Crippen LogP contribution in [0.3, 0.4) is 0 Å². The normalized spacial score (nSPS) is 11.1. The van der Waals surface area contributed by atoms with Crippen molar-refractivity contribution in [1.82, 2.24) is 4.98 Å². The molecule has 0 aliphatic rings. The number of pyridine rings is 1. The summed E-state index contributed by atoms with van der Waals surface area (Å²) in [7, 11) is 1.11. The molecule has 5 nitrogen and oxygen atoms in total. The largest absolute Gasteiger partial charge is 0.574 e. The number of alkyl halides is 4. The molecule has 0 atom stereocenters. The Morgan fingerprint density at radius 1 is 1.40 bits per heavy atom. The Hall–Kier alpha value is -2.06. The van der Waals surface area contributed by atoms with Gasteiger partial charge in [-0.05, 0) is 6.92 Å². The van der Waals surface area contributed by atoms with Gasteiger partial charge in [-0.3, -0.25) is 0 Å². The lowest BCUT2D eigenvalue weighted by Crippen LogP contribution is -2.20. The molecule has 1 aromatic rings. The van der Waals surface area contributed by atoms with Crippen molar-refractivity contribution >= 4 is 5.97 Å². The number of esters is 1. The van der Waals surface area contributed by atoms with Gasteiger partial charge in [-0.25, -0.2) is 14.2 Å². The molecule has 0 aliphatic heterocycles. The van der Waals surface area contributed by atoms with Crippen molar-refractivity contribution in [3.63, 3.8) is 0 Å². The van der Waals surface area contributed by atoms with Gasteiger partial charge in [0.1, 0.15) is 12.4 Å². The van der Waals surface area contributed by atoms with Gasteiger partial charge in [-0.2, -0.15) is 0 Å². The number of carbonyl (C=O) groups excluding carboxylic acids is 1. The molecule has 0 bridgehead atoms. The summed E-state index contributed by atoms with van der Waals surface area (Å²) in [4.78, 5) is 14.8. The second-order valence-corrected chi connectivity index (χ2v) is 3.40. The Morgan fingerprint density at radius 3 is 2.50 bits per heavy atom. The molecule has 0 spiro atoms. The van der Waals surface area contributed by atoms with Crippen LogP contribution in [0.1, 0.15) is 23.0 Å². The molecule has 0 radical (unpaired) electrons. The van der Waals surface area contributed by atoms with Crippen molar-refractivity contribution in [3.8, 4) is 11.6 Å². The highest BCUT2D eigenvalue weighted by Crippen LogP contribution is 2.32. The lowest BCUT2D eigenvalue weighted by molar-refractivity contribution is -0.276. The minimum atomic E-state index is -5.07. The molecule has 0 amide bonds. The van der Waals surface area contributed by atoms with E-state index in [9.17, 15) is 22.4 Å². The molecule has 0 saturated heterocycles. The van der Waals surface area contributed by atoms with E-state index in [0.717, 1.165) is 13.2 Å². The fourth-order valence-corrected chi connectivity index (χ4v) is 1.33. The van der Waals surface area contributed by atoms with E-state index in [1.807, 2.05) is 0 Å². The van der Waals surface area contributed by atoms with Crippen LogP contribution in [0.25, 0.3) is 0 Å². The Kier molecular flexibility index (Phi) is 5.12. The zero-order valence-corrected chi connectivity index (χ0v) is 10.6. The molecule has 0 aliphatic carbocycles. The van der Waals surface area contributed by atoms with Crippen LogP contribution < -0.4 is 9.47 Å². The minimum Gasteiger partial charge on any atom is -0.496 e. The third-order valence-corrected chi connectivity index (χ3v) is 2.10. The summed E-state index contributed by atoms with van der Waals surface area (Å²) < 4.78 is 62.4. The van der Waals surface area contributed by atoms with Gasteiger partial charge >= 0.3 is 12.3 Å². The number of aromatic nitrogens is 1. The molecule has 1 heterocycles. The van der Waals surface area contributed by atoms with E-state index in [4.69, 9.17) is 4.74 Å². The molecule has 0 aromatic carbocycles. The highest BCUT2D eigenvalue weighted by Gasteiger charge is 2.34. The molecule has 9 heteroatoms. The number of halogens is 4. The maximum Gasteiger partial charge on any atom is 0.574 e. The molecule has 0 N–H and O–H groups in total. The Balaban J connectivity index is 3.30. The first-order valence-corrected chi connectivity index (χ1v) is 5.39. The lowest BCUT2D eigenvalue weighted by atomic mass is 10.2. The third-order valence-electron chi connectivity index (χ3n) is 2.10. The van der Waals surface area contributed by atoms with Gasteiger partial charge in [0.05, 0.1) is 19.3 Å². The van der Waals surface area contributed by atoms with E-state index in [-0.39, 0.29) is 12.4 Å². The molecule has 1 aromatic heterocycles. The zero-order valence-electron chi connectivity index (χ0n) is 10.6. The van der Waals surface area contributed by atoms with Crippen LogP contribution in [0, 0.1) is 0 Å². The molecular formula is C11H11F4NO4. The first-order chi connectivity index (χ1) is 9.32. The summed E-state index contributed by atoms with van der Waals surface area (Å²) in [6, 6.07) is 0.982. The van der Waals surface area contributed by atoms with Gasteiger partial charge in [0, 0.05) is 6.07 Å².